The summed E-state index contributed by atoms with van der Waals surface area (Å²) in [6, 6.07) is 108. The average Bonchev–Trinajstić information content (AvgIpc) is 1.61. The normalized spacial score (nSPS) is 12.1. The maximum atomic E-state index is 6.92. The summed E-state index contributed by atoms with van der Waals surface area (Å²) in [6.45, 7) is 0. The number of benzene rings is 14. The molecule has 0 aliphatic rings. The minimum atomic E-state index is 0.847. The third-order valence-electron chi connectivity index (χ3n) is 18.3. The van der Waals surface area contributed by atoms with Crippen LogP contribution in [0.15, 0.2) is 306 Å². The van der Waals surface area contributed by atoms with Crippen LogP contribution in [0.25, 0.3) is 146 Å². The second kappa shape index (κ2) is 19.0. The van der Waals surface area contributed by atoms with E-state index in [2.05, 4.69) is 305 Å². The van der Waals surface area contributed by atoms with E-state index < -0.39 is 0 Å². The highest BCUT2D eigenvalue weighted by Gasteiger charge is 2.28. The fourth-order valence-corrected chi connectivity index (χ4v) is 15.5. The van der Waals surface area contributed by atoms with Crippen molar-refractivity contribution in [2.45, 2.75) is 0 Å². The Morgan fingerprint density at radius 2 is 0.795 bits per heavy atom. The van der Waals surface area contributed by atoms with Crippen LogP contribution in [0, 0.1) is 0 Å². The van der Waals surface area contributed by atoms with E-state index in [0.717, 1.165) is 89.1 Å². The predicted octanol–water partition coefficient (Wildman–Crippen LogP) is 24.1. The lowest BCUT2D eigenvalue weighted by atomic mass is 9.99. The number of para-hydroxylation sites is 4. The molecule has 5 nitrogen and oxygen atoms in total. The molecule has 19 aromatic rings. The van der Waals surface area contributed by atoms with E-state index in [1.165, 1.54) is 91.3 Å². The zero-order valence-electron chi connectivity index (χ0n) is 47.4. The van der Waals surface area contributed by atoms with Gasteiger partial charge < -0.3 is 23.0 Å². The molecule has 0 unspecified atom stereocenters. The first-order valence-electron chi connectivity index (χ1n) is 30.0. The first-order valence-corrected chi connectivity index (χ1v) is 30.8. The molecular weight excluding hydrogens is 1090 g/mol. The van der Waals surface area contributed by atoms with Gasteiger partial charge in [-0.15, -0.1) is 11.3 Å². The average molecular weight is 1140 g/mol. The van der Waals surface area contributed by atoms with Crippen LogP contribution in [0.4, 0.5) is 34.1 Å². The molecule has 0 fully saturated rings. The Bertz CT molecular complexity index is 5980. The molecule has 6 heteroatoms. The molecule has 0 aliphatic carbocycles. The summed E-state index contributed by atoms with van der Waals surface area (Å²) in [7, 11) is 0. The summed E-state index contributed by atoms with van der Waals surface area (Å²) >= 11 is 1.88. The molecular formula is C82H49N3O2S. The van der Waals surface area contributed by atoms with Crippen LogP contribution in [-0.2, 0) is 0 Å². The minimum absolute atomic E-state index is 0.847. The fraction of sp³-hybridized carbons (Fsp3) is 0. The molecule has 5 aromatic heterocycles. The van der Waals surface area contributed by atoms with Gasteiger partial charge in [0.05, 0.1) is 33.6 Å². The summed E-state index contributed by atoms with van der Waals surface area (Å²) in [5.74, 6) is 0. The lowest BCUT2D eigenvalue weighted by Crippen LogP contribution is -2.10. The lowest BCUT2D eigenvalue weighted by molar-refractivity contribution is 0.668. The van der Waals surface area contributed by atoms with E-state index >= 15 is 0 Å². The molecule has 410 valence electrons. The van der Waals surface area contributed by atoms with Crippen molar-refractivity contribution in [2.24, 2.45) is 0 Å². The number of thiophene rings is 1. The van der Waals surface area contributed by atoms with Crippen molar-refractivity contribution < 1.29 is 8.83 Å². The van der Waals surface area contributed by atoms with Crippen molar-refractivity contribution in [2.75, 3.05) is 9.80 Å². The van der Waals surface area contributed by atoms with Crippen LogP contribution in [0.1, 0.15) is 0 Å². The molecule has 0 spiro atoms. The van der Waals surface area contributed by atoms with Crippen molar-refractivity contribution in [3.05, 3.63) is 297 Å². The highest BCUT2D eigenvalue weighted by Crippen LogP contribution is 2.52. The van der Waals surface area contributed by atoms with Gasteiger partial charge >= 0.3 is 0 Å². The van der Waals surface area contributed by atoms with Crippen molar-refractivity contribution in [1.82, 2.24) is 4.40 Å². The van der Waals surface area contributed by atoms with Crippen LogP contribution >= 0.6 is 11.3 Å². The second-order valence-corrected chi connectivity index (χ2v) is 24.2. The van der Waals surface area contributed by atoms with Gasteiger partial charge in [-0.25, -0.2) is 0 Å². The molecule has 0 N–H and O–H groups in total. The van der Waals surface area contributed by atoms with Gasteiger partial charge in [0.15, 0.2) is 11.2 Å². The van der Waals surface area contributed by atoms with Crippen LogP contribution in [0.5, 0.6) is 0 Å². The van der Waals surface area contributed by atoms with Crippen molar-refractivity contribution >= 4 is 158 Å². The number of hydrogen-bond acceptors (Lipinski definition) is 5. The monoisotopic (exact) mass is 1140 g/mol. The number of anilines is 6. The van der Waals surface area contributed by atoms with Crippen molar-refractivity contribution in [1.29, 1.82) is 0 Å². The van der Waals surface area contributed by atoms with Crippen LogP contribution < -0.4 is 9.80 Å². The maximum Gasteiger partial charge on any atom is 0.159 e. The molecule has 0 saturated heterocycles. The quantitative estimate of drug-likeness (QED) is 0.144. The van der Waals surface area contributed by atoms with Gasteiger partial charge in [-0.05, 0) is 130 Å². The third kappa shape index (κ3) is 7.33. The SMILES string of the molecule is c1ccc(-c2ccc(N(c3ccc4c(c3)sc3c5cc6c(cc5ccc43)c3ccc(N(c4ccc(-c5ccccc5)cc4)c4cccc5c4oc4ccccc45)c4c5cc(-c7ccccc7)ccc5n6c34)c3cccc4c3oc3ccccc34)cc2)cc1. The Balaban J connectivity index is 0.829. The van der Waals surface area contributed by atoms with Gasteiger partial charge in [0, 0.05) is 85.7 Å². The standard InChI is InChI=1S/C82H49N3O2S/c1-4-16-50(17-5-1)53-30-36-57(37-31-53)83(72-26-14-24-64-60-22-10-12-28-75(60)86-80(64)72)59-40-42-62-66-41-34-56-47-68-63-43-45-71(78-69-46-55(52-20-8-3-9-21-52)35-44-70(69)85(79(63)78)74(68)49-67(56)82(66)88-77(62)48-59)84(58-38-32-54(33-39-58)51-18-6-2-7-19-51)73-27-15-25-65-61-23-11-13-29-76(61)87-81(65)73/h1-49H. The topological polar surface area (TPSA) is 37.2 Å². The van der Waals surface area contributed by atoms with Gasteiger partial charge in [0.25, 0.3) is 0 Å². The summed E-state index contributed by atoms with van der Waals surface area (Å²) in [5, 5.41) is 14.1. The fourth-order valence-electron chi connectivity index (χ4n) is 14.2. The Hall–Kier alpha value is -11.4. The van der Waals surface area contributed by atoms with Crippen LogP contribution in [0.2, 0.25) is 0 Å². The molecule has 14 aromatic carbocycles. The summed E-state index contributed by atoms with van der Waals surface area (Å²) in [6.07, 6.45) is 0. The highest BCUT2D eigenvalue weighted by molar-refractivity contribution is 7.26. The number of aromatic nitrogens is 1. The highest BCUT2D eigenvalue weighted by atomic mass is 32.1. The van der Waals surface area contributed by atoms with Gasteiger partial charge in [-0.2, -0.15) is 0 Å². The number of fused-ring (bicyclic) bond motifs is 17. The van der Waals surface area contributed by atoms with E-state index in [1.54, 1.807) is 0 Å². The summed E-state index contributed by atoms with van der Waals surface area (Å²) in [5.41, 5.74) is 20.2. The van der Waals surface area contributed by atoms with E-state index in [4.69, 9.17) is 8.83 Å². The second-order valence-electron chi connectivity index (χ2n) is 23.1. The van der Waals surface area contributed by atoms with Gasteiger partial charge in [-0.3, -0.25) is 0 Å². The Morgan fingerprint density at radius 3 is 1.43 bits per heavy atom. The zero-order valence-corrected chi connectivity index (χ0v) is 48.2. The summed E-state index contributed by atoms with van der Waals surface area (Å²) < 4.78 is 18.7. The number of hydrogen-bond donors (Lipinski definition) is 0. The number of furan rings is 2. The van der Waals surface area contributed by atoms with Gasteiger partial charge in [0.2, 0.25) is 0 Å². The van der Waals surface area contributed by atoms with Gasteiger partial charge in [-0.1, -0.05) is 206 Å². The molecule has 0 amide bonds. The first-order chi connectivity index (χ1) is 43.6. The lowest BCUT2D eigenvalue weighted by Gasteiger charge is -2.27. The number of nitrogens with zero attached hydrogens (tertiary/aromatic N) is 3. The molecule has 88 heavy (non-hydrogen) atoms. The molecule has 19 rings (SSSR count). The Kier molecular flexibility index (Phi) is 10.6. The van der Waals surface area contributed by atoms with Crippen LogP contribution in [0.3, 0.4) is 0 Å². The van der Waals surface area contributed by atoms with E-state index in [1.807, 2.05) is 17.4 Å². The molecule has 5 heterocycles. The first kappa shape index (κ1) is 48.9. The van der Waals surface area contributed by atoms with Gasteiger partial charge in [0.1, 0.15) is 11.2 Å². The molecule has 0 atom stereocenters. The zero-order chi connectivity index (χ0) is 57.6. The Morgan fingerprint density at radius 1 is 0.284 bits per heavy atom. The van der Waals surface area contributed by atoms with E-state index in [0.29, 0.717) is 0 Å². The molecule has 0 radical (unpaired) electrons. The minimum Gasteiger partial charge on any atom is -0.454 e. The predicted molar refractivity (Wildman–Crippen MR) is 372 cm³/mol. The van der Waals surface area contributed by atoms with Crippen LogP contribution in [-0.4, -0.2) is 4.40 Å². The molecule has 0 aliphatic heterocycles. The Labute approximate surface area is 508 Å². The third-order valence-corrected chi connectivity index (χ3v) is 19.5. The smallest absolute Gasteiger partial charge is 0.159 e. The largest absolute Gasteiger partial charge is 0.454 e. The molecule has 0 bridgehead atoms. The van der Waals surface area contributed by atoms with Crippen molar-refractivity contribution in [3.63, 3.8) is 0 Å². The van der Waals surface area contributed by atoms with Crippen molar-refractivity contribution in [3.8, 4) is 33.4 Å². The van der Waals surface area contributed by atoms with E-state index in [9.17, 15) is 0 Å². The number of rotatable bonds is 9. The van der Waals surface area contributed by atoms with E-state index in [-0.39, 0.29) is 0 Å². The maximum absolute atomic E-state index is 6.92. The summed E-state index contributed by atoms with van der Waals surface area (Å²) in [4.78, 5) is 4.80. The molecule has 0 saturated carbocycles.